The number of thiocarbonyl (C=S) groups is 1. The number of amides is 1. The van der Waals surface area contributed by atoms with Crippen LogP contribution in [0.5, 0.6) is 0 Å². The van der Waals surface area contributed by atoms with Gasteiger partial charge in [0.05, 0.1) is 15.9 Å². The number of carboxylic acids is 1. The van der Waals surface area contributed by atoms with Gasteiger partial charge in [-0.3, -0.25) is 19.7 Å². The monoisotopic (exact) mass is 407 g/mol. The highest BCUT2D eigenvalue weighted by Gasteiger charge is 2.41. The first-order valence-corrected chi connectivity index (χ1v) is 9.52. The average Bonchev–Trinajstić information content (AvgIpc) is 2.96. The molecule has 1 amide bonds. The van der Waals surface area contributed by atoms with Crippen LogP contribution in [0.1, 0.15) is 17.2 Å². The van der Waals surface area contributed by atoms with Crippen LogP contribution in [0.25, 0.3) is 17.1 Å². The van der Waals surface area contributed by atoms with Crippen LogP contribution in [0, 0.1) is 0 Å². The molecule has 138 valence electrons. The molecular weight excluding hydrogens is 394 g/mol. The van der Waals surface area contributed by atoms with Gasteiger partial charge in [-0.2, -0.15) is 0 Å². The second-order valence-electron chi connectivity index (χ2n) is 6.01. The molecular formula is C20H13N3O3S2. The molecule has 28 heavy (non-hydrogen) atoms. The van der Waals surface area contributed by atoms with Crippen LogP contribution in [0.2, 0.25) is 0 Å². The SMILES string of the molecule is O=C(O)[C@@H](c1ccccc1)N1C(=O)/C(=C/c2ccc3nccnc3c2)SC1=S. The van der Waals surface area contributed by atoms with Crippen molar-refractivity contribution < 1.29 is 14.7 Å². The first-order chi connectivity index (χ1) is 13.5. The number of thioether (sulfide) groups is 1. The second kappa shape index (κ2) is 7.49. The number of aliphatic carboxylic acids is 1. The average molecular weight is 407 g/mol. The summed E-state index contributed by atoms with van der Waals surface area (Å²) in [6, 6.07) is 12.9. The van der Waals surface area contributed by atoms with Gasteiger partial charge in [-0.05, 0) is 29.3 Å². The summed E-state index contributed by atoms with van der Waals surface area (Å²) in [5.41, 5.74) is 2.72. The van der Waals surface area contributed by atoms with Gasteiger partial charge in [-0.25, -0.2) is 4.79 Å². The number of hydrogen-bond acceptors (Lipinski definition) is 6. The molecule has 6 nitrogen and oxygen atoms in total. The summed E-state index contributed by atoms with van der Waals surface area (Å²) in [7, 11) is 0. The van der Waals surface area contributed by atoms with Crippen LogP contribution in [-0.4, -0.2) is 36.2 Å². The largest absolute Gasteiger partial charge is 0.479 e. The summed E-state index contributed by atoms with van der Waals surface area (Å²) >= 11 is 6.42. The maximum Gasteiger partial charge on any atom is 0.331 e. The fourth-order valence-corrected chi connectivity index (χ4v) is 4.27. The first kappa shape index (κ1) is 18.3. The number of fused-ring (bicyclic) bond motifs is 1. The van der Waals surface area contributed by atoms with Gasteiger partial charge in [0.15, 0.2) is 6.04 Å². The molecule has 1 aliphatic heterocycles. The maximum absolute atomic E-state index is 13.0. The van der Waals surface area contributed by atoms with Crippen molar-refractivity contribution >= 4 is 57.3 Å². The topological polar surface area (TPSA) is 83.4 Å². The molecule has 0 spiro atoms. The van der Waals surface area contributed by atoms with Gasteiger partial charge in [0, 0.05) is 12.4 Å². The Morgan fingerprint density at radius 2 is 1.82 bits per heavy atom. The zero-order valence-corrected chi connectivity index (χ0v) is 16.0. The highest BCUT2D eigenvalue weighted by molar-refractivity contribution is 8.26. The van der Waals surface area contributed by atoms with Crippen molar-refractivity contribution in [1.29, 1.82) is 0 Å². The Balaban J connectivity index is 1.69. The van der Waals surface area contributed by atoms with Crippen LogP contribution in [0.15, 0.2) is 65.8 Å². The molecule has 8 heteroatoms. The van der Waals surface area contributed by atoms with E-state index in [1.54, 1.807) is 48.8 Å². The zero-order chi connectivity index (χ0) is 19.7. The Bertz CT molecular complexity index is 1130. The molecule has 0 saturated carbocycles. The van der Waals surface area contributed by atoms with E-state index in [2.05, 4.69) is 9.97 Å². The van der Waals surface area contributed by atoms with E-state index in [1.165, 1.54) is 0 Å². The summed E-state index contributed by atoms with van der Waals surface area (Å²) in [5, 5.41) is 9.72. The minimum absolute atomic E-state index is 0.216. The molecule has 1 aliphatic rings. The van der Waals surface area contributed by atoms with Crippen LogP contribution in [0.4, 0.5) is 0 Å². The second-order valence-corrected chi connectivity index (χ2v) is 7.68. The fraction of sp³-hybridized carbons (Fsp3) is 0.0500. The van der Waals surface area contributed by atoms with Gasteiger partial charge in [0.1, 0.15) is 4.32 Å². The minimum Gasteiger partial charge on any atom is -0.479 e. The molecule has 1 N–H and O–H groups in total. The van der Waals surface area contributed by atoms with E-state index >= 15 is 0 Å². The lowest BCUT2D eigenvalue weighted by Crippen LogP contribution is -2.37. The Hall–Kier alpha value is -3.10. The molecule has 1 saturated heterocycles. The van der Waals surface area contributed by atoms with Gasteiger partial charge in [0.25, 0.3) is 5.91 Å². The lowest BCUT2D eigenvalue weighted by atomic mass is 10.1. The summed E-state index contributed by atoms with van der Waals surface area (Å²) in [4.78, 5) is 34.9. The van der Waals surface area contributed by atoms with Gasteiger partial charge in [0.2, 0.25) is 0 Å². The molecule has 2 aromatic carbocycles. The third-order valence-corrected chi connectivity index (χ3v) is 5.55. The number of benzene rings is 2. The Morgan fingerprint density at radius 1 is 1.11 bits per heavy atom. The van der Waals surface area contributed by atoms with Crippen molar-refractivity contribution in [2.45, 2.75) is 6.04 Å². The molecule has 2 heterocycles. The molecule has 1 atom stereocenters. The van der Waals surface area contributed by atoms with Crippen LogP contribution in [0.3, 0.4) is 0 Å². The van der Waals surface area contributed by atoms with Crippen LogP contribution < -0.4 is 0 Å². The lowest BCUT2D eigenvalue weighted by Gasteiger charge is -2.23. The lowest BCUT2D eigenvalue weighted by molar-refractivity contribution is -0.145. The van der Waals surface area contributed by atoms with Crippen molar-refractivity contribution in [3.8, 4) is 0 Å². The van der Waals surface area contributed by atoms with E-state index in [1.807, 2.05) is 18.2 Å². The molecule has 0 aliphatic carbocycles. The molecule has 0 radical (unpaired) electrons. The van der Waals surface area contributed by atoms with Crippen molar-refractivity contribution in [3.63, 3.8) is 0 Å². The van der Waals surface area contributed by atoms with E-state index in [9.17, 15) is 14.7 Å². The summed E-state index contributed by atoms with van der Waals surface area (Å²) < 4.78 is 0.216. The standard InChI is InChI=1S/C20H13N3O3S2/c24-18-16(11-12-6-7-14-15(10-12)22-9-8-21-14)28-20(27)23(18)17(19(25)26)13-4-2-1-3-5-13/h1-11,17H,(H,25,26)/b16-11-/t17-/m1/s1. The highest BCUT2D eigenvalue weighted by Crippen LogP contribution is 2.38. The van der Waals surface area contributed by atoms with Crippen LogP contribution >= 0.6 is 24.0 Å². The third kappa shape index (κ3) is 3.39. The van der Waals surface area contributed by atoms with E-state index < -0.39 is 17.9 Å². The zero-order valence-electron chi connectivity index (χ0n) is 14.4. The number of carboxylic acid groups (broad SMARTS) is 1. The number of nitrogens with zero attached hydrogens (tertiary/aromatic N) is 3. The van der Waals surface area contributed by atoms with Crippen molar-refractivity contribution in [2.75, 3.05) is 0 Å². The van der Waals surface area contributed by atoms with Gasteiger partial charge >= 0.3 is 5.97 Å². The Kier molecular flexibility index (Phi) is 4.89. The van der Waals surface area contributed by atoms with E-state index in [0.29, 0.717) is 16.0 Å². The Labute approximate surface area is 169 Å². The van der Waals surface area contributed by atoms with Crippen LogP contribution in [-0.2, 0) is 9.59 Å². The summed E-state index contributed by atoms with van der Waals surface area (Å²) in [6.45, 7) is 0. The number of hydrogen-bond donors (Lipinski definition) is 1. The van der Waals surface area contributed by atoms with Crippen molar-refractivity contribution in [3.05, 3.63) is 77.0 Å². The summed E-state index contributed by atoms with van der Waals surface area (Å²) in [6.07, 6.45) is 4.91. The summed E-state index contributed by atoms with van der Waals surface area (Å²) in [5.74, 6) is -1.56. The number of carbonyl (C=O) groups excluding carboxylic acids is 1. The molecule has 1 fully saturated rings. The Morgan fingerprint density at radius 3 is 2.54 bits per heavy atom. The number of carbonyl (C=O) groups is 2. The van der Waals surface area contributed by atoms with Crippen molar-refractivity contribution in [2.24, 2.45) is 0 Å². The normalized spacial score (nSPS) is 16.7. The predicted octanol–water partition coefficient (Wildman–Crippen LogP) is 3.66. The number of rotatable bonds is 4. The highest BCUT2D eigenvalue weighted by atomic mass is 32.2. The van der Waals surface area contributed by atoms with Crippen molar-refractivity contribution in [1.82, 2.24) is 14.9 Å². The maximum atomic E-state index is 13.0. The smallest absolute Gasteiger partial charge is 0.331 e. The molecule has 0 unspecified atom stereocenters. The van der Waals surface area contributed by atoms with Gasteiger partial charge in [-0.15, -0.1) is 0 Å². The van der Waals surface area contributed by atoms with E-state index in [4.69, 9.17) is 12.2 Å². The predicted molar refractivity (Wildman–Crippen MR) is 111 cm³/mol. The molecule has 4 rings (SSSR count). The molecule has 1 aromatic heterocycles. The van der Waals surface area contributed by atoms with Gasteiger partial charge in [-0.1, -0.05) is 60.4 Å². The van der Waals surface area contributed by atoms with Gasteiger partial charge < -0.3 is 5.11 Å². The molecule has 0 bridgehead atoms. The number of aromatic nitrogens is 2. The quantitative estimate of drug-likeness (QED) is 0.522. The fourth-order valence-electron chi connectivity index (χ4n) is 2.96. The minimum atomic E-state index is -1.16. The third-order valence-electron chi connectivity index (χ3n) is 4.22. The van der Waals surface area contributed by atoms with E-state index in [0.717, 1.165) is 27.7 Å². The molecule has 3 aromatic rings. The first-order valence-electron chi connectivity index (χ1n) is 8.30. The van der Waals surface area contributed by atoms with E-state index in [-0.39, 0.29) is 4.32 Å².